The van der Waals surface area contributed by atoms with Crippen molar-refractivity contribution in [2.75, 3.05) is 26.2 Å². The van der Waals surface area contributed by atoms with Gasteiger partial charge in [0.05, 0.1) is 13.2 Å². The maximum atomic E-state index is 11.3. The molecule has 88 valence electrons. The smallest absolute Gasteiger partial charge is 0.320 e. The molecule has 0 aromatic carbocycles. The van der Waals surface area contributed by atoms with Crippen molar-refractivity contribution >= 4 is 5.97 Å². The van der Waals surface area contributed by atoms with Crippen LogP contribution in [0.25, 0.3) is 0 Å². The average molecular weight is 213 g/mol. The molecule has 3 heteroatoms. The topological polar surface area (TPSA) is 29.5 Å². The second-order valence-corrected chi connectivity index (χ2v) is 5.39. The number of hydrogen-bond acceptors (Lipinski definition) is 3. The zero-order valence-corrected chi connectivity index (χ0v) is 10.4. The van der Waals surface area contributed by atoms with Crippen molar-refractivity contribution in [3.63, 3.8) is 0 Å². The first kappa shape index (κ1) is 12.5. The second kappa shape index (κ2) is 4.97. The highest BCUT2D eigenvalue weighted by atomic mass is 16.5. The van der Waals surface area contributed by atoms with Crippen LogP contribution in [0.1, 0.15) is 34.1 Å². The van der Waals surface area contributed by atoms with Gasteiger partial charge >= 0.3 is 5.97 Å². The van der Waals surface area contributed by atoms with Crippen LogP contribution in [-0.4, -0.2) is 37.1 Å². The van der Waals surface area contributed by atoms with E-state index in [1.165, 1.54) is 6.42 Å². The Morgan fingerprint density at radius 1 is 1.47 bits per heavy atom. The fourth-order valence-electron chi connectivity index (χ4n) is 2.07. The summed E-state index contributed by atoms with van der Waals surface area (Å²) in [5.74, 6) is 0.610. The van der Waals surface area contributed by atoms with Crippen LogP contribution in [-0.2, 0) is 9.53 Å². The van der Waals surface area contributed by atoms with Crippen LogP contribution >= 0.6 is 0 Å². The highest BCUT2D eigenvalue weighted by Gasteiger charge is 2.32. The van der Waals surface area contributed by atoms with E-state index in [2.05, 4.69) is 25.7 Å². The van der Waals surface area contributed by atoms with E-state index < -0.39 is 0 Å². The SMILES string of the molecule is CCOC(=O)CN1CCC(C(C)(C)C)C1. The molecule has 3 nitrogen and oxygen atoms in total. The Balaban J connectivity index is 2.34. The molecule has 0 aromatic rings. The van der Waals surface area contributed by atoms with Gasteiger partial charge in [-0.05, 0) is 31.2 Å². The first-order valence-corrected chi connectivity index (χ1v) is 5.81. The lowest BCUT2D eigenvalue weighted by atomic mass is 9.80. The monoisotopic (exact) mass is 213 g/mol. The summed E-state index contributed by atoms with van der Waals surface area (Å²) in [6.45, 7) is 11.7. The van der Waals surface area contributed by atoms with E-state index in [4.69, 9.17) is 4.74 Å². The van der Waals surface area contributed by atoms with Gasteiger partial charge in [0.15, 0.2) is 0 Å². The third kappa shape index (κ3) is 3.82. The van der Waals surface area contributed by atoms with Crippen LogP contribution in [0.2, 0.25) is 0 Å². The Bertz CT molecular complexity index is 220. The molecule has 1 saturated heterocycles. The van der Waals surface area contributed by atoms with Gasteiger partial charge in [-0.25, -0.2) is 0 Å². The molecule has 0 aromatic heterocycles. The van der Waals surface area contributed by atoms with Gasteiger partial charge in [-0.2, -0.15) is 0 Å². The van der Waals surface area contributed by atoms with Crippen molar-refractivity contribution in [3.8, 4) is 0 Å². The Morgan fingerprint density at radius 3 is 2.60 bits per heavy atom. The van der Waals surface area contributed by atoms with Crippen molar-refractivity contribution in [1.82, 2.24) is 4.90 Å². The number of hydrogen-bond donors (Lipinski definition) is 0. The molecule has 0 spiro atoms. The van der Waals surface area contributed by atoms with Gasteiger partial charge in [0.1, 0.15) is 0 Å². The summed E-state index contributed by atoms with van der Waals surface area (Å²) in [6, 6.07) is 0. The minimum Gasteiger partial charge on any atom is -0.465 e. The van der Waals surface area contributed by atoms with Crippen molar-refractivity contribution in [1.29, 1.82) is 0 Å². The largest absolute Gasteiger partial charge is 0.465 e. The minimum atomic E-state index is -0.0907. The Hall–Kier alpha value is -0.570. The van der Waals surface area contributed by atoms with E-state index in [1.54, 1.807) is 0 Å². The molecule has 0 aliphatic carbocycles. The molecule has 1 aliphatic heterocycles. The molecule has 1 heterocycles. The lowest BCUT2D eigenvalue weighted by molar-refractivity contribution is -0.144. The summed E-state index contributed by atoms with van der Waals surface area (Å²) in [4.78, 5) is 13.5. The molecule has 15 heavy (non-hydrogen) atoms. The highest BCUT2D eigenvalue weighted by Crippen LogP contribution is 2.33. The summed E-state index contributed by atoms with van der Waals surface area (Å²) >= 11 is 0. The Labute approximate surface area is 92.8 Å². The van der Waals surface area contributed by atoms with Gasteiger partial charge in [0, 0.05) is 6.54 Å². The summed E-state index contributed by atoms with van der Waals surface area (Å²) in [7, 11) is 0. The second-order valence-electron chi connectivity index (χ2n) is 5.39. The third-order valence-corrected chi connectivity index (χ3v) is 3.16. The molecule has 0 saturated carbocycles. The summed E-state index contributed by atoms with van der Waals surface area (Å²) < 4.78 is 4.94. The normalized spacial score (nSPS) is 23.1. The Morgan fingerprint density at radius 2 is 2.13 bits per heavy atom. The fourth-order valence-corrected chi connectivity index (χ4v) is 2.07. The van der Waals surface area contributed by atoms with Gasteiger partial charge in [0.25, 0.3) is 0 Å². The van der Waals surface area contributed by atoms with Gasteiger partial charge in [-0.3, -0.25) is 9.69 Å². The van der Waals surface area contributed by atoms with E-state index >= 15 is 0 Å². The van der Waals surface area contributed by atoms with E-state index in [9.17, 15) is 4.79 Å². The molecule has 0 amide bonds. The first-order valence-electron chi connectivity index (χ1n) is 5.81. The molecule has 1 unspecified atom stereocenters. The summed E-state index contributed by atoms with van der Waals surface area (Å²) in [5, 5.41) is 0. The van der Waals surface area contributed by atoms with Crippen molar-refractivity contribution in [3.05, 3.63) is 0 Å². The number of carbonyl (C=O) groups is 1. The van der Waals surface area contributed by atoms with Gasteiger partial charge < -0.3 is 4.74 Å². The predicted octanol–water partition coefficient (Wildman–Crippen LogP) is 1.92. The standard InChI is InChI=1S/C12H23NO2/c1-5-15-11(14)9-13-7-6-10(8-13)12(2,3)4/h10H,5-9H2,1-4H3. The van der Waals surface area contributed by atoms with Crippen LogP contribution in [0, 0.1) is 11.3 Å². The molecular weight excluding hydrogens is 190 g/mol. The van der Waals surface area contributed by atoms with E-state index in [0.717, 1.165) is 13.1 Å². The number of esters is 1. The van der Waals surface area contributed by atoms with E-state index in [1.807, 2.05) is 6.92 Å². The molecule has 0 radical (unpaired) electrons. The van der Waals surface area contributed by atoms with Gasteiger partial charge in [0.2, 0.25) is 0 Å². The molecule has 1 fully saturated rings. The zero-order chi connectivity index (χ0) is 11.5. The highest BCUT2D eigenvalue weighted by molar-refractivity contribution is 5.71. The Kier molecular flexibility index (Phi) is 4.14. The van der Waals surface area contributed by atoms with Gasteiger partial charge in [-0.1, -0.05) is 20.8 Å². The first-order chi connectivity index (χ1) is 6.93. The van der Waals surface area contributed by atoms with Crippen LogP contribution in [0.4, 0.5) is 0 Å². The number of likely N-dealkylation sites (tertiary alicyclic amines) is 1. The van der Waals surface area contributed by atoms with Gasteiger partial charge in [-0.15, -0.1) is 0 Å². The third-order valence-electron chi connectivity index (χ3n) is 3.16. The summed E-state index contributed by atoms with van der Waals surface area (Å²) in [6.07, 6.45) is 1.20. The number of rotatable bonds is 3. The molecule has 1 rings (SSSR count). The van der Waals surface area contributed by atoms with Crippen LogP contribution in [0.3, 0.4) is 0 Å². The van der Waals surface area contributed by atoms with Crippen molar-refractivity contribution in [2.24, 2.45) is 11.3 Å². The van der Waals surface area contributed by atoms with E-state index in [0.29, 0.717) is 24.5 Å². The predicted molar refractivity (Wildman–Crippen MR) is 60.6 cm³/mol. The quantitative estimate of drug-likeness (QED) is 0.671. The van der Waals surface area contributed by atoms with Crippen LogP contribution < -0.4 is 0 Å². The molecule has 0 bridgehead atoms. The number of nitrogens with zero attached hydrogens (tertiary/aromatic N) is 1. The minimum absolute atomic E-state index is 0.0907. The van der Waals surface area contributed by atoms with Crippen LogP contribution in [0.5, 0.6) is 0 Å². The molecule has 1 atom stereocenters. The van der Waals surface area contributed by atoms with E-state index in [-0.39, 0.29) is 5.97 Å². The fraction of sp³-hybridized carbons (Fsp3) is 0.917. The van der Waals surface area contributed by atoms with Crippen molar-refractivity contribution < 1.29 is 9.53 Å². The maximum absolute atomic E-state index is 11.3. The van der Waals surface area contributed by atoms with Crippen LogP contribution in [0.15, 0.2) is 0 Å². The number of carbonyl (C=O) groups excluding carboxylic acids is 1. The zero-order valence-electron chi connectivity index (χ0n) is 10.4. The van der Waals surface area contributed by atoms with Crippen molar-refractivity contribution in [2.45, 2.75) is 34.1 Å². The molecular formula is C12H23NO2. The lowest BCUT2D eigenvalue weighted by Crippen LogP contribution is -2.31. The maximum Gasteiger partial charge on any atom is 0.320 e. The molecule has 0 N–H and O–H groups in total. The summed E-state index contributed by atoms with van der Waals surface area (Å²) in [5.41, 5.74) is 0.351. The lowest BCUT2D eigenvalue weighted by Gasteiger charge is -2.26. The molecule has 1 aliphatic rings. The number of ether oxygens (including phenoxy) is 1. The average Bonchev–Trinajstić information content (AvgIpc) is 2.52.